The van der Waals surface area contributed by atoms with E-state index in [-0.39, 0.29) is 5.82 Å². The predicted molar refractivity (Wildman–Crippen MR) is 81.5 cm³/mol. The minimum Gasteiger partial charge on any atom is -0.356 e. The molecule has 2 rings (SSSR count). The molecule has 2 N–H and O–H groups in total. The molecular formula is C15H20FN5. The Morgan fingerprint density at radius 2 is 2.00 bits per heavy atom. The monoisotopic (exact) mass is 289 g/mol. The van der Waals surface area contributed by atoms with Crippen LogP contribution in [0.25, 0.3) is 0 Å². The van der Waals surface area contributed by atoms with Crippen LogP contribution in [0.4, 0.5) is 4.39 Å². The van der Waals surface area contributed by atoms with Crippen molar-refractivity contribution in [1.29, 1.82) is 0 Å². The van der Waals surface area contributed by atoms with Gasteiger partial charge in [0.15, 0.2) is 5.96 Å². The van der Waals surface area contributed by atoms with E-state index >= 15 is 0 Å². The second kappa shape index (κ2) is 7.42. The van der Waals surface area contributed by atoms with Crippen molar-refractivity contribution in [2.24, 2.45) is 12.0 Å². The van der Waals surface area contributed by atoms with Gasteiger partial charge in [-0.25, -0.2) is 4.39 Å². The SMILES string of the molecule is CN=C(NCCc1cnn(C)c1)NCc1ccc(F)cc1. The molecule has 21 heavy (non-hydrogen) atoms. The first-order valence-corrected chi connectivity index (χ1v) is 6.84. The molecule has 0 unspecified atom stereocenters. The molecule has 2 aromatic rings. The van der Waals surface area contributed by atoms with E-state index in [1.165, 1.54) is 17.7 Å². The summed E-state index contributed by atoms with van der Waals surface area (Å²) < 4.78 is 14.6. The first-order chi connectivity index (χ1) is 10.2. The Kier molecular flexibility index (Phi) is 5.31. The van der Waals surface area contributed by atoms with Crippen LogP contribution in [0.3, 0.4) is 0 Å². The molecule has 0 fully saturated rings. The molecule has 0 amide bonds. The normalized spacial score (nSPS) is 11.5. The third-order valence-corrected chi connectivity index (χ3v) is 3.06. The van der Waals surface area contributed by atoms with E-state index < -0.39 is 0 Å². The lowest BCUT2D eigenvalue weighted by Gasteiger charge is -2.11. The Morgan fingerprint density at radius 3 is 2.62 bits per heavy atom. The van der Waals surface area contributed by atoms with Gasteiger partial charge in [-0.2, -0.15) is 5.10 Å². The molecule has 0 radical (unpaired) electrons. The van der Waals surface area contributed by atoms with Gasteiger partial charge in [0.1, 0.15) is 5.82 Å². The predicted octanol–water partition coefficient (Wildman–Crippen LogP) is 1.47. The number of nitrogens with one attached hydrogen (secondary N) is 2. The number of hydrogen-bond donors (Lipinski definition) is 2. The molecule has 0 bridgehead atoms. The van der Waals surface area contributed by atoms with Gasteiger partial charge in [0, 0.05) is 33.4 Å². The highest BCUT2D eigenvalue weighted by Crippen LogP contribution is 2.02. The summed E-state index contributed by atoms with van der Waals surface area (Å²) in [7, 11) is 3.63. The van der Waals surface area contributed by atoms with E-state index in [9.17, 15) is 4.39 Å². The van der Waals surface area contributed by atoms with Gasteiger partial charge in [-0.1, -0.05) is 12.1 Å². The molecule has 0 aliphatic rings. The average molecular weight is 289 g/mol. The second-order valence-corrected chi connectivity index (χ2v) is 4.75. The summed E-state index contributed by atoms with van der Waals surface area (Å²) in [5.41, 5.74) is 2.19. The van der Waals surface area contributed by atoms with Crippen molar-refractivity contribution in [3.05, 3.63) is 53.6 Å². The molecule has 6 heteroatoms. The van der Waals surface area contributed by atoms with Gasteiger partial charge >= 0.3 is 0 Å². The van der Waals surface area contributed by atoms with Crippen molar-refractivity contribution < 1.29 is 4.39 Å². The highest BCUT2D eigenvalue weighted by molar-refractivity contribution is 5.79. The molecule has 0 saturated heterocycles. The summed E-state index contributed by atoms with van der Waals surface area (Å²) in [6.07, 6.45) is 4.73. The van der Waals surface area contributed by atoms with E-state index in [0.29, 0.717) is 6.54 Å². The third kappa shape index (κ3) is 4.91. The molecule has 5 nitrogen and oxygen atoms in total. The maximum atomic E-state index is 12.8. The van der Waals surface area contributed by atoms with Gasteiger partial charge in [0.05, 0.1) is 6.20 Å². The number of aryl methyl sites for hydroxylation is 1. The molecule has 1 heterocycles. The third-order valence-electron chi connectivity index (χ3n) is 3.06. The first kappa shape index (κ1) is 15.0. The standard InChI is InChI=1S/C15H20FN5/c1-17-15(18-8-7-13-10-20-21(2)11-13)19-9-12-3-5-14(16)6-4-12/h3-6,10-11H,7-9H2,1-2H3,(H2,17,18,19). The maximum Gasteiger partial charge on any atom is 0.191 e. The van der Waals surface area contributed by atoms with Crippen LogP contribution in [0.1, 0.15) is 11.1 Å². The number of rotatable bonds is 5. The summed E-state index contributed by atoms with van der Waals surface area (Å²) in [5, 5.41) is 10.6. The quantitative estimate of drug-likeness (QED) is 0.647. The number of halogens is 1. The van der Waals surface area contributed by atoms with Crippen LogP contribution in [0.5, 0.6) is 0 Å². The Morgan fingerprint density at radius 1 is 1.24 bits per heavy atom. The molecule has 0 spiro atoms. The number of guanidine groups is 1. The fraction of sp³-hybridized carbons (Fsp3) is 0.333. The van der Waals surface area contributed by atoms with Crippen LogP contribution in [-0.4, -0.2) is 29.3 Å². The topological polar surface area (TPSA) is 54.2 Å². The van der Waals surface area contributed by atoms with Crippen molar-refractivity contribution >= 4 is 5.96 Å². The minimum absolute atomic E-state index is 0.224. The maximum absolute atomic E-state index is 12.8. The number of nitrogens with zero attached hydrogens (tertiary/aromatic N) is 3. The lowest BCUT2D eigenvalue weighted by atomic mass is 10.2. The van der Waals surface area contributed by atoms with E-state index in [4.69, 9.17) is 0 Å². The lowest BCUT2D eigenvalue weighted by Crippen LogP contribution is -2.37. The summed E-state index contributed by atoms with van der Waals surface area (Å²) in [6.45, 7) is 1.38. The number of aromatic nitrogens is 2. The molecule has 112 valence electrons. The second-order valence-electron chi connectivity index (χ2n) is 4.75. The van der Waals surface area contributed by atoms with Crippen molar-refractivity contribution in [3.8, 4) is 0 Å². The van der Waals surface area contributed by atoms with Gasteiger partial charge in [-0.15, -0.1) is 0 Å². The fourth-order valence-corrected chi connectivity index (χ4v) is 1.93. The van der Waals surface area contributed by atoms with Gasteiger partial charge in [-0.05, 0) is 29.7 Å². The van der Waals surface area contributed by atoms with Crippen molar-refractivity contribution in [2.75, 3.05) is 13.6 Å². The van der Waals surface area contributed by atoms with Crippen LogP contribution >= 0.6 is 0 Å². The molecular weight excluding hydrogens is 269 g/mol. The summed E-state index contributed by atoms with van der Waals surface area (Å²) in [6, 6.07) is 6.42. The largest absolute Gasteiger partial charge is 0.356 e. The average Bonchev–Trinajstić information content (AvgIpc) is 2.90. The van der Waals surface area contributed by atoms with Crippen molar-refractivity contribution in [2.45, 2.75) is 13.0 Å². The van der Waals surface area contributed by atoms with Crippen LogP contribution in [-0.2, 0) is 20.0 Å². The summed E-state index contributed by atoms with van der Waals surface area (Å²) in [4.78, 5) is 4.16. The molecule has 1 aromatic carbocycles. The van der Waals surface area contributed by atoms with E-state index in [2.05, 4.69) is 20.7 Å². The number of aliphatic imine (C=N–C) groups is 1. The fourth-order valence-electron chi connectivity index (χ4n) is 1.93. The smallest absolute Gasteiger partial charge is 0.191 e. The molecule has 0 aliphatic heterocycles. The molecule has 0 atom stereocenters. The van der Waals surface area contributed by atoms with Crippen LogP contribution in [0, 0.1) is 5.82 Å². The summed E-state index contributed by atoms with van der Waals surface area (Å²) >= 11 is 0. The lowest BCUT2D eigenvalue weighted by molar-refractivity contribution is 0.626. The highest BCUT2D eigenvalue weighted by Gasteiger charge is 2.00. The summed E-state index contributed by atoms with van der Waals surface area (Å²) in [5.74, 6) is 0.501. The van der Waals surface area contributed by atoms with Gasteiger partial charge in [0.25, 0.3) is 0 Å². The molecule has 1 aromatic heterocycles. The first-order valence-electron chi connectivity index (χ1n) is 6.84. The van der Waals surface area contributed by atoms with Crippen molar-refractivity contribution in [3.63, 3.8) is 0 Å². The van der Waals surface area contributed by atoms with E-state index in [1.54, 1.807) is 23.9 Å². The Labute approximate surface area is 123 Å². The minimum atomic E-state index is -0.224. The number of benzene rings is 1. The van der Waals surface area contributed by atoms with Crippen LogP contribution in [0.2, 0.25) is 0 Å². The van der Waals surface area contributed by atoms with E-state index in [1.807, 2.05) is 19.4 Å². The zero-order valence-corrected chi connectivity index (χ0v) is 12.3. The van der Waals surface area contributed by atoms with Crippen LogP contribution < -0.4 is 10.6 Å². The zero-order valence-electron chi connectivity index (χ0n) is 12.3. The molecule has 0 aliphatic carbocycles. The van der Waals surface area contributed by atoms with Gasteiger partial charge in [-0.3, -0.25) is 9.67 Å². The Hall–Kier alpha value is -2.37. The van der Waals surface area contributed by atoms with E-state index in [0.717, 1.165) is 24.5 Å². The van der Waals surface area contributed by atoms with Crippen LogP contribution in [0.15, 0.2) is 41.7 Å². The van der Waals surface area contributed by atoms with Gasteiger partial charge < -0.3 is 10.6 Å². The Balaban J connectivity index is 1.74. The van der Waals surface area contributed by atoms with Crippen molar-refractivity contribution in [1.82, 2.24) is 20.4 Å². The Bertz CT molecular complexity index is 588. The highest BCUT2D eigenvalue weighted by atomic mass is 19.1. The zero-order chi connectivity index (χ0) is 15.1. The van der Waals surface area contributed by atoms with Gasteiger partial charge in [0.2, 0.25) is 0 Å². The molecule has 0 saturated carbocycles. The number of hydrogen-bond acceptors (Lipinski definition) is 2.